The third-order valence-corrected chi connectivity index (χ3v) is 6.08. The van der Waals surface area contributed by atoms with Gasteiger partial charge >= 0.3 is 6.03 Å². The van der Waals surface area contributed by atoms with Gasteiger partial charge in [0.15, 0.2) is 0 Å². The van der Waals surface area contributed by atoms with Crippen molar-refractivity contribution in [1.82, 2.24) is 25.3 Å². The monoisotopic (exact) mass is 395 g/mol. The Morgan fingerprint density at radius 2 is 1.86 bits per heavy atom. The smallest absolute Gasteiger partial charge is 0.317 e. The number of likely N-dealkylation sites (tertiary alicyclic amines) is 2. The SMILES string of the molecule is O=C(NC1CC(=O)N(C2CC2)C1)N1CCC(c2nc(-c3ccccc3)no2)CC1. The molecule has 1 unspecified atom stereocenters. The molecule has 8 nitrogen and oxygen atoms in total. The predicted molar refractivity (Wildman–Crippen MR) is 105 cm³/mol. The van der Waals surface area contributed by atoms with Crippen LogP contribution < -0.4 is 5.32 Å². The third-order valence-electron chi connectivity index (χ3n) is 6.08. The van der Waals surface area contributed by atoms with Gasteiger partial charge in [-0.25, -0.2) is 4.79 Å². The fourth-order valence-electron chi connectivity index (χ4n) is 4.27. The van der Waals surface area contributed by atoms with E-state index in [9.17, 15) is 9.59 Å². The number of nitrogens with one attached hydrogen (secondary N) is 1. The molecule has 8 heteroatoms. The van der Waals surface area contributed by atoms with E-state index in [1.54, 1.807) is 0 Å². The molecule has 3 heterocycles. The highest BCUT2D eigenvalue weighted by Crippen LogP contribution is 2.31. The van der Waals surface area contributed by atoms with E-state index < -0.39 is 0 Å². The van der Waals surface area contributed by atoms with Crippen LogP contribution in [0.2, 0.25) is 0 Å². The summed E-state index contributed by atoms with van der Waals surface area (Å²) in [7, 11) is 0. The number of hydrogen-bond donors (Lipinski definition) is 1. The summed E-state index contributed by atoms with van der Waals surface area (Å²) in [6.07, 6.45) is 4.20. The minimum Gasteiger partial charge on any atom is -0.339 e. The highest BCUT2D eigenvalue weighted by Gasteiger charge is 2.40. The molecule has 29 heavy (non-hydrogen) atoms. The Morgan fingerprint density at radius 3 is 2.59 bits per heavy atom. The fraction of sp³-hybridized carbons (Fsp3) is 0.524. The summed E-state index contributed by atoms with van der Waals surface area (Å²) < 4.78 is 5.49. The molecule has 152 valence electrons. The second-order valence-corrected chi connectivity index (χ2v) is 8.21. The molecule has 1 N–H and O–H groups in total. The molecule has 3 fully saturated rings. The van der Waals surface area contributed by atoms with Gasteiger partial charge in [0.05, 0.1) is 6.04 Å². The number of piperidine rings is 1. The van der Waals surface area contributed by atoms with E-state index in [1.165, 1.54) is 0 Å². The van der Waals surface area contributed by atoms with E-state index in [4.69, 9.17) is 4.52 Å². The van der Waals surface area contributed by atoms with Crippen molar-refractivity contribution in [2.75, 3.05) is 19.6 Å². The second kappa shape index (κ2) is 7.50. The Bertz CT molecular complexity index is 887. The zero-order valence-electron chi connectivity index (χ0n) is 16.3. The number of urea groups is 1. The Balaban J connectivity index is 1.13. The number of nitrogens with zero attached hydrogens (tertiary/aromatic N) is 4. The first kappa shape index (κ1) is 18.1. The molecule has 2 saturated heterocycles. The van der Waals surface area contributed by atoms with Crippen molar-refractivity contribution in [3.8, 4) is 11.4 Å². The molecule has 1 atom stereocenters. The van der Waals surface area contributed by atoms with Crippen molar-refractivity contribution in [2.45, 2.75) is 50.1 Å². The summed E-state index contributed by atoms with van der Waals surface area (Å²) in [4.78, 5) is 33.0. The largest absolute Gasteiger partial charge is 0.339 e. The topological polar surface area (TPSA) is 91.6 Å². The standard InChI is InChI=1S/C21H25N5O3/c27-18-12-16(13-26(18)17-6-7-17)22-21(28)25-10-8-15(9-11-25)20-23-19(24-29-20)14-4-2-1-3-5-14/h1-5,15-17H,6-13H2,(H,22,28). The lowest BCUT2D eigenvalue weighted by atomic mass is 9.97. The lowest BCUT2D eigenvalue weighted by Gasteiger charge is -2.31. The third kappa shape index (κ3) is 3.83. The van der Waals surface area contributed by atoms with Crippen molar-refractivity contribution in [1.29, 1.82) is 0 Å². The molecular formula is C21H25N5O3. The molecule has 1 aromatic heterocycles. The minimum absolute atomic E-state index is 0.0716. The van der Waals surface area contributed by atoms with Crippen molar-refractivity contribution >= 4 is 11.9 Å². The Morgan fingerprint density at radius 1 is 1.10 bits per heavy atom. The maximum Gasteiger partial charge on any atom is 0.317 e. The first-order chi connectivity index (χ1) is 14.2. The van der Waals surface area contributed by atoms with Gasteiger partial charge in [-0.15, -0.1) is 0 Å². The Labute approximate surface area is 169 Å². The van der Waals surface area contributed by atoms with Crippen LogP contribution in [0.4, 0.5) is 4.79 Å². The number of rotatable bonds is 4. The summed E-state index contributed by atoms with van der Waals surface area (Å²) in [6.45, 7) is 1.94. The molecule has 0 bridgehead atoms. The van der Waals surface area contributed by atoms with Gasteiger partial charge in [0.1, 0.15) is 0 Å². The van der Waals surface area contributed by atoms with E-state index in [-0.39, 0.29) is 23.9 Å². The maximum atomic E-state index is 12.6. The van der Waals surface area contributed by atoms with E-state index in [0.717, 1.165) is 31.2 Å². The summed E-state index contributed by atoms with van der Waals surface area (Å²) >= 11 is 0. The van der Waals surface area contributed by atoms with Crippen LogP contribution in [-0.2, 0) is 4.79 Å². The molecular weight excluding hydrogens is 370 g/mol. The van der Waals surface area contributed by atoms with Crippen LogP contribution in [0, 0.1) is 0 Å². The van der Waals surface area contributed by atoms with Gasteiger partial charge in [-0.3, -0.25) is 4.79 Å². The molecule has 3 amide bonds. The number of carbonyl (C=O) groups is 2. The zero-order valence-corrected chi connectivity index (χ0v) is 16.3. The molecule has 5 rings (SSSR count). The van der Waals surface area contributed by atoms with Gasteiger partial charge in [0, 0.05) is 43.6 Å². The van der Waals surface area contributed by atoms with Gasteiger partial charge in [-0.1, -0.05) is 35.5 Å². The number of hydrogen-bond acceptors (Lipinski definition) is 5. The first-order valence-corrected chi connectivity index (χ1v) is 10.4. The molecule has 1 aliphatic carbocycles. The summed E-state index contributed by atoms with van der Waals surface area (Å²) in [5.74, 6) is 1.59. The van der Waals surface area contributed by atoms with E-state index in [0.29, 0.717) is 43.8 Å². The highest BCUT2D eigenvalue weighted by molar-refractivity contribution is 5.82. The quantitative estimate of drug-likeness (QED) is 0.858. The van der Waals surface area contributed by atoms with Crippen LogP contribution in [0.1, 0.15) is 43.9 Å². The zero-order chi connectivity index (χ0) is 19.8. The summed E-state index contributed by atoms with van der Waals surface area (Å²) in [6, 6.07) is 10.0. The van der Waals surface area contributed by atoms with Gasteiger partial charge < -0.3 is 19.6 Å². The lowest BCUT2D eigenvalue weighted by molar-refractivity contribution is -0.128. The normalized spacial score (nSPS) is 22.9. The molecule has 2 aliphatic heterocycles. The van der Waals surface area contributed by atoms with Crippen molar-refractivity contribution in [3.63, 3.8) is 0 Å². The van der Waals surface area contributed by atoms with Crippen LogP contribution in [0.5, 0.6) is 0 Å². The molecule has 2 aromatic rings. The van der Waals surface area contributed by atoms with Crippen LogP contribution in [-0.4, -0.2) is 63.6 Å². The van der Waals surface area contributed by atoms with Crippen LogP contribution in [0.25, 0.3) is 11.4 Å². The minimum atomic E-state index is -0.0746. The van der Waals surface area contributed by atoms with E-state index in [1.807, 2.05) is 40.1 Å². The summed E-state index contributed by atoms with van der Waals surface area (Å²) in [5.41, 5.74) is 0.936. The number of carbonyl (C=O) groups excluding carboxylic acids is 2. The Hall–Kier alpha value is -2.90. The van der Waals surface area contributed by atoms with Gasteiger partial charge in [-0.05, 0) is 25.7 Å². The number of benzene rings is 1. The van der Waals surface area contributed by atoms with E-state index in [2.05, 4.69) is 15.5 Å². The Kier molecular flexibility index (Phi) is 4.69. The van der Waals surface area contributed by atoms with Crippen LogP contribution in [0.3, 0.4) is 0 Å². The van der Waals surface area contributed by atoms with Crippen molar-refractivity contribution < 1.29 is 14.1 Å². The first-order valence-electron chi connectivity index (χ1n) is 10.4. The lowest BCUT2D eigenvalue weighted by Crippen LogP contribution is -2.48. The van der Waals surface area contributed by atoms with Gasteiger partial charge in [0.2, 0.25) is 17.6 Å². The summed E-state index contributed by atoms with van der Waals surface area (Å²) in [5, 5.41) is 7.15. The maximum absolute atomic E-state index is 12.6. The molecule has 1 aromatic carbocycles. The van der Waals surface area contributed by atoms with Gasteiger partial charge in [-0.2, -0.15) is 4.98 Å². The van der Waals surface area contributed by atoms with Crippen molar-refractivity contribution in [3.05, 3.63) is 36.2 Å². The van der Waals surface area contributed by atoms with Crippen LogP contribution in [0.15, 0.2) is 34.9 Å². The highest BCUT2D eigenvalue weighted by atomic mass is 16.5. The molecule has 1 saturated carbocycles. The van der Waals surface area contributed by atoms with Gasteiger partial charge in [0.25, 0.3) is 0 Å². The number of aromatic nitrogens is 2. The predicted octanol–water partition coefficient (Wildman–Crippen LogP) is 2.39. The fourth-order valence-corrected chi connectivity index (χ4v) is 4.27. The molecule has 3 aliphatic rings. The number of amides is 3. The van der Waals surface area contributed by atoms with Crippen LogP contribution >= 0.6 is 0 Å². The average molecular weight is 395 g/mol. The van der Waals surface area contributed by atoms with E-state index >= 15 is 0 Å². The molecule has 0 spiro atoms. The van der Waals surface area contributed by atoms with Crippen molar-refractivity contribution in [2.24, 2.45) is 0 Å². The molecule has 0 radical (unpaired) electrons. The average Bonchev–Trinajstić information content (AvgIpc) is 3.35. The second-order valence-electron chi connectivity index (χ2n) is 8.21.